The number of nitrogens with zero attached hydrogens (tertiary/aromatic N) is 1. The maximum Gasteiger partial charge on any atom is 0.323 e. The fourth-order valence-electron chi connectivity index (χ4n) is 1.97. The fourth-order valence-corrected chi connectivity index (χ4v) is 1.97. The quantitative estimate of drug-likeness (QED) is 0.602. The summed E-state index contributed by atoms with van der Waals surface area (Å²) in [5, 5.41) is 3.37. The third kappa shape index (κ3) is 6.36. The van der Waals surface area contributed by atoms with Crippen LogP contribution in [0.3, 0.4) is 0 Å². The molecule has 2 unspecified atom stereocenters. The Hall–Kier alpha value is -0.650. The highest BCUT2D eigenvalue weighted by Crippen LogP contribution is 2.20. The van der Waals surface area contributed by atoms with Gasteiger partial charge in [0.05, 0.1) is 13.2 Å². The van der Waals surface area contributed by atoms with Gasteiger partial charge in [0.25, 0.3) is 0 Å². The zero-order valence-electron chi connectivity index (χ0n) is 12.6. The van der Waals surface area contributed by atoms with Crippen molar-refractivity contribution in [1.82, 2.24) is 10.2 Å². The van der Waals surface area contributed by atoms with E-state index in [2.05, 4.69) is 24.2 Å². The standard InChI is InChI=1S/C14H28N2O3/c1-5-19-14(17)13(15-12-6-7-12)8-9-16(3)11(2)10-18-4/h11-13,15H,5-10H2,1-4H3. The van der Waals surface area contributed by atoms with Gasteiger partial charge in [-0.2, -0.15) is 0 Å². The molecule has 2 atom stereocenters. The first-order valence-corrected chi connectivity index (χ1v) is 7.20. The predicted octanol–water partition coefficient (Wildman–Crippen LogP) is 1.03. The summed E-state index contributed by atoms with van der Waals surface area (Å²) < 4.78 is 10.3. The summed E-state index contributed by atoms with van der Waals surface area (Å²) in [4.78, 5) is 14.1. The van der Waals surface area contributed by atoms with Crippen LogP contribution in [-0.4, -0.2) is 62.9 Å². The van der Waals surface area contributed by atoms with E-state index in [-0.39, 0.29) is 12.0 Å². The van der Waals surface area contributed by atoms with E-state index < -0.39 is 0 Å². The van der Waals surface area contributed by atoms with Crippen LogP contribution in [-0.2, 0) is 14.3 Å². The average molecular weight is 272 g/mol. The van der Waals surface area contributed by atoms with E-state index in [0.717, 1.165) is 13.0 Å². The van der Waals surface area contributed by atoms with Crippen LogP contribution in [0.25, 0.3) is 0 Å². The molecule has 112 valence electrons. The topological polar surface area (TPSA) is 50.8 Å². The fraction of sp³-hybridized carbons (Fsp3) is 0.929. The number of nitrogens with one attached hydrogen (secondary N) is 1. The van der Waals surface area contributed by atoms with Crippen molar-refractivity contribution in [2.24, 2.45) is 0 Å². The minimum atomic E-state index is -0.176. The van der Waals surface area contributed by atoms with Gasteiger partial charge in [-0.05, 0) is 40.2 Å². The third-order valence-electron chi connectivity index (χ3n) is 3.52. The molecular formula is C14H28N2O3. The van der Waals surface area contributed by atoms with Crippen molar-refractivity contribution in [3.8, 4) is 0 Å². The third-order valence-corrected chi connectivity index (χ3v) is 3.52. The van der Waals surface area contributed by atoms with E-state index in [1.165, 1.54) is 12.8 Å². The van der Waals surface area contributed by atoms with E-state index in [1.54, 1.807) is 7.11 Å². The molecule has 1 rings (SSSR count). The lowest BCUT2D eigenvalue weighted by atomic mass is 10.2. The average Bonchev–Trinajstić information content (AvgIpc) is 3.18. The van der Waals surface area contributed by atoms with Crippen LogP contribution in [0.15, 0.2) is 0 Å². The van der Waals surface area contributed by atoms with Gasteiger partial charge in [-0.3, -0.25) is 4.79 Å². The van der Waals surface area contributed by atoms with E-state index >= 15 is 0 Å². The highest BCUT2D eigenvalue weighted by atomic mass is 16.5. The van der Waals surface area contributed by atoms with Crippen LogP contribution >= 0.6 is 0 Å². The number of esters is 1. The summed E-state index contributed by atoms with van der Waals surface area (Å²) in [5.41, 5.74) is 0. The van der Waals surface area contributed by atoms with Crippen molar-refractivity contribution in [2.75, 3.05) is 33.9 Å². The number of methoxy groups -OCH3 is 1. The molecule has 0 spiro atoms. The summed E-state index contributed by atoms with van der Waals surface area (Å²) in [6.45, 7) is 5.97. The molecule has 1 fully saturated rings. The molecule has 5 heteroatoms. The minimum Gasteiger partial charge on any atom is -0.465 e. The van der Waals surface area contributed by atoms with Gasteiger partial charge in [0.1, 0.15) is 6.04 Å². The maximum atomic E-state index is 11.9. The molecular weight excluding hydrogens is 244 g/mol. The van der Waals surface area contributed by atoms with E-state index in [1.807, 2.05) is 6.92 Å². The SMILES string of the molecule is CCOC(=O)C(CCN(C)C(C)COC)NC1CC1. The van der Waals surface area contributed by atoms with Crippen molar-refractivity contribution < 1.29 is 14.3 Å². The van der Waals surface area contributed by atoms with Gasteiger partial charge in [-0.25, -0.2) is 0 Å². The monoisotopic (exact) mass is 272 g/mol. The van der Waals surface area contributed by atoms with Crippen molar-refractivity contribution >= 4 is 5.97 Å². The van der Waals surface area contributed by atoms with E-state index in [9.17, 15) is 4.79 Å². The number of hydrogen-bond acceptors (Lipinski definition) is 5. The highest BCUT2D eigenvalue weighted by Gasteiger charge is 2.29. The zero-order chi connectivity index (χ0) is 14.3. The molecule has 0 bridgehead atoms. The molecule has 5 nitrogen and oxygen atoms in total. The van der Waals surface area contributed by atoms with Gasteiger partial charge < -0.3 is 19.7 Å². The summed E-state index contributed by atoms with van der Waals surface area (Å²) in [6.07, 6.45) is 3.12. The second kappa shape index (κ2) is 8.51. The molecule has 0 heterocycles. The van der Waals surface area contributed by atoms with Crippen LogP contribution in [0.4, 0.5) is 0 Å². The Morgan fingerprint density at radius 3 is 2.68 bits per heavy atom. The van der Waals surface area contributed by atoms with Crippen molar-refractivity contribution in [2.45, 2.75) is 51.2 Å². The number of likely N-dealkylation sites (N-methyl/N-ethyl adjacent to an activating group) is 1. The summed E-state index contributed by atoms with van der Waals surface area (Å²) in [6, 6.07) is 0.689. The second-order valence-electron chi connectivity index (χ2n) is 5.32. The highest BCUT2D eigenvalue weighted by molar-refractivity contribution is 5.75. The number of ether oxygens (including phenoxy) is 2. The van der Waals surface area contributed by atoms with Gasteiger partial charge >= 0.3 is 5.97 Å². The first-order valence-electron chi connectivity index (χ1n) is 7.20. The molecule has 1 aliphatic rings. The maximum absolute atomic E-state index is 11.9. The molecule has 0 aliphatic heterocycles. The van der Waals surface area contributed by atoms with Gasteiger partial charge in [0.15, 0.2) is 0 Å². The Balaban J connectivity index is 2.36. The van der Waals surface area contributed by atoms with Crippen molar-refractivity contribution in [3.05, 3.63) is 0 Å². The Morgan fingerprint density at radius 1 is 1.47 bits per heavy atom. The molecule has 0 amide bonds. The molecule has 0 aromatic rings. The summed E-state index contributed by atoms with van der Waals surface area (Å²) >= 11 is 0. The molecule has 0 saturated heterocycles. The summed E-state index contributed by atoms with van der Waals surface area (Å²) in [7, 11) is 3.77. The number of carbonyl (C=O) groups excluding carboxylic acids is 1. The largest absolute Gasteiger partial charge is 0.465 e. The van der Waals surface area contributed by atoms with E-state index in [0.29, 0.717) is 25.3 Å². The Morgan fingerprint density at radius 2 is 2.16 bits per heavy atom. The molecule has 19 heavy (non-hydrogen) atoms. The first kappa shape index (κ1) is 16.4. The van der Waals surface area contributed by atoms with Crippen LogP contribution < -0.4 is 5.32 Å². The Labute approximate surface area is 116 Å². The zero-order valence-corrected chi connectivity index (χ0v) is 12.6. The predicted molar refractivity (Wildman–Crippen MR) is 75.2 cm³/mol. The van der Waals surface area contributed by atoms with Crippen LogP contribution in [0, 0.1) is 0 Å². The van der Waals surface area contributed by atoms with Crippen LogP contribution in [0.2, 0.25) is 0 Å². The number of hydrogen-bond donors (Lipinski definition) is 1. The van der Waals surface area contributed by atoms with Crippen LogP contribution in [0.5, 0.6) is 0 Å². The Kier molecular flexibility index (Phi) is 7.34. The first-order chi connectivity index (χ1) is 9.08. The molecule has 1 aliphatic carbocycles. The van der Waals surface area contributed by atoms with Crippen molar-refractivity contribution in [3.63, 3.8) is 0 Å². The number of carbonyl (C=O) groups is 1. The molecule has 1 saturated carbocycles. The lowest BCUT2D eigenvalue weighted by Gasteiger charge is -2.26. The van der Waals surface area contributed by atoms with Gasteiger partial charge in [0, 0.05) is 25.7 Å². The lowest BCUT2D eigenvalue weighted by molar-refractivity contribution is -0.146. The lowest BCUT2D eigenvalue weighted by Crippen LogP contribution is -2.43. The molecule has 1 N–H and O–H groups in total. The molecule has 0 radical (unpaired) electrons. The van der Waals surface area contributed by atoms with Gasteiger partial charge in [0.2, 0.25) is 0 Å². The smallest absolute Gasteiger partial charge is 0.323 e. The van der Waals surface area contributed by atoms with Gasteiger partial charge in [-0.15, -0.1) is 0 Å². The Bertz CT molecular complexity index is 269. The number of rotatable bonds is 10. The van der Waals surface area contributed by atoms with Gasteiger partial charge in [-0.1, -0.05) is 0 Å². The minimum absolute atomic E-state index is 0.123. The van der Waals surface area contributed by atoms with E-state index in [4.69, 9.17) is 9.47 Å². The second-order valence-corrected chi connectivity index (χ2v) is 5.32. The van der Waals surface area contributed by atoms with Crippen LogP contribution in [0.1, 0.15) is 33.1 Å². The summed E-state index contributed by atoms with van der Waals surface area (Å²) in [5.74, 6) is -0.123. The normalized spacial score (nSPS) is 18.4. The van der Waals surface area contributed by atoms with Crippen molar-refractivity contribution in [1.29, 1.82) is 0 Å². The molecule has 0 aromatic carbocycles. The molecule has 0 aromatic heterocycles.